The molecule has 0 bridgehead atoms. The molecule has 0 unspecified atom stereocenters. The molecule has 0 spiro atoms. The van der Waals surface area contributed by atoms with E-state index in [-0.39, 0.29) is 5.75 Å². The third-order valence-electron chi connectivity index (χ3n) is 2.53. The number of nitrogens with two attached hydrogens (primary N) is 1. The van der Waals surface area contributed by atoms with Crippen molar-refractivity contribution in [1.29, 1.82) is 0 Å². The van der Waals surface area contributed by atoms with Crippen LogP contribution in [0.25, 0.3) is 0 Å². The Morgan fingerprint density at radius 1 is 1.10 bits per heavy atom. The summed E-state index contributed by atoms with van der Waals surface area (Å²) in [7, 11) is 0. The lowest BCUT2D eigenvalue weighted by atomic mass is 10.2. The highest BCUT2D eigenvalue weighted by molar-refractivity contribution is 7.98. The van der Waals surface area contributed by atoms with E-state index in [9.17, 15) is 13.2 Å². The zero-order valence-electron chi connectivity index (χ0n) is 10.7. The molecule has 2 nitrogen and oxygen atoms in total. The van der Waals surface area contributed by atoms with Crippen molar-refractivity contribution in [1.82, 2.24) is 0 Å². The topological polar surface area (TPSA) is 35.2 Å². The van der Waals surface area contributed by atoms with Crippen LogP contribution in [0, 0.1) is 0 Å². The molecule has 112 valence electrons. The minimum absolute atomic E-state index is 0.237. The van der Waals surface area contributed by atoms with Gasteiger partial charge in [0.15, 0.2) is 0 Å². The molecule has 0 heterocycles. The van der Waals surface area contributed by atoms with Gasteiger partial charge >= 0.3 is 6.36 Å². The monoisotopic (exact) mass is 333 g/mol. The molecular weight excluding hydrogens is 323 g/mol. The smallest absolute Gasteiger partial charge is 0.406 e. The number of rotatable bonds is 4. The number of hydrogen-bond donors (Lipinski definition) is 1. The van der Waals surface area contributed by atoms with Crippen LogP contribution in [0.4, 0.5) is 18.9 Å². The lowest BCUT2D eigenvalue weighted by Crippen LogP contribution is -2.16. The van der Waals surface area contributed by atoms with Gasteiger partial charge in [0.05, 0.1) is 0 Å². The van der Waals surface area contributed by atoms with Crippen LogP contribution < -0.4 is 10.5 Å². The van der Waals surface area contributed by atoms with Gasteiger partial charge in [-0.2, -0.15) is 0 Å². The van der Waals surface area contributed by atoms with Gasteiger partial charge in [-0.3, -0.25) is 0 Å². The molecule has 7 heteroatoms. The second-order valence-corrected chi connectivity index (χ2v) is 5.62. The van der Waals surface area contributed by atoms with Crippen LogP contribution in [0.5, 0.6) is 5.75 Å². The predicted molar refractivity (Wildman–Crippen MR) is 78.6 cm³/mol. The van der Waals surface area contributed by atoms with Gasteiger partial charge in [0.1, 0.15) is 5.75 Å². The van der Waals surface area contributed by atoms with Gasteiger partial charge in [-0.05, 0) is 35.9 Å². The summed E-state index contributed by atoms with van der Waals surface area (Å²) >= 11 is 7.35. The molecule has 2 N–H and O–H groups in total. The standard InChI is InChI=1S/C14H11ClF3NOS/c15-10-3-6-12(19)13(7-10)21-8-9-1-4-11(5-2-9)20-14(16,17)18/h1-7H,8,19H2. The first kappa shape index (κ1) is 15.9. The summed E-state index contributed by atoms with van der Waals surface area (Å²) in [5.41, 5.74) is 7.29. The van der Waals surface area contributed by atoms with E-state index in [1.807, 2.05) is 0 Å². The molecule has 0 aliphatic carbocycles. The first-order chi connectivity index (χ1) is 9.83. The number of alkyl halides is 3. The second kappa shape index (κ2) is 6.49. The van der Waals surface area contributed by atoms with Gasteiger partial charge in [0.25, 0.3) is 0 Å². The Hall–Kier alpha value is -1.53. The Morgan fingerprint density at radius 3 is 2.38 bits per heavy atom. The normalized spacial score (nSPS) is 11.4. The average Bonchev–Trinajstić information content (AvgIpc) is 2.40. The molecule has 0 aliphatic heterocycles. The van der Waals surface area contributed by atoms with E-state index in [2.05, 4.69) is 4.74 Å². The van der Waals surface area contributed by atoms with E-state index >= 15 is 0 Å². The van der Waals surface area contributed by atoms with Crippen LogP contribution in [-0.4, -0.2) is 6.36 Å². The summed E-state index contributed by atoms with van der Waals surface area (Å²) in [5, 5.41) is 0.584. The fourth-order valence-corrected chi connectivity index (χ4v) is 2.78. The van der Waals surface area contributed by atoms with E-state index in [1.54, 1.807) is 30.3 Å². The maximum absolute atomic E-state index is 12.0. The molecule has 0 saturated carbocycles. The molecule has 0 aliphatic rings. The molecule has 0 radical (unpaired) electrons. The summed E-state index contributed by atoms with van der Waals surface area (Å²) in [4.78, 5) is 0.832. The van der Waals surface area contributed by atoms with Crippen molar-refractivity contribution in [3.8, 4) is 5.75 Å². The van der Waals surface area contributed by atoms with Crippen molar-refractivity contribution in [2.24, 2.45) is 0 Å². The highest BCUT2D eigenvalue weighted by atomic mass is 35.5. The van der Waals surface area contributed by atoms with E-state index in [4.69, 9.17) is 17.3 Å². The first-order valence-corrected chi connectivity index (χ1v) is 7.22. The van der Waals surface area contributed by atoms with Crippen molar-refractivity contribution in [2.75, 3.05) is 5.73 Å². The van der Waals surface area contributed by atoms with E-state index in [1.165, 1.54) is 23.9 Å². The minimum Gasteiger partial charge on any atom is -0.406 e. The van der Waals surface area contributed by atoms with Crippen molar-refractivity contribution in [3.05, 3.63) is 53.1 Å². The van der Waals surface area contributed by atoms with Crippen LogP contribution in [0.15, 0.2) is 47.4 Å². The number of halogens is 4. The molecule has 0 saturated heterocycles. The fourth-order valence-electron chi connectivity index (χ4n) is 1.58. The molecule has 0 atom stereocenters. The molecule has 0 fully saturated rings. The number of hydrogen-bond acceptors (Lipinski definition) is 3. The zero-order chi connectivity index (χ0) is 15.5. The molecular formula is C14H11ClF3NOS. The largest absolute Gasteiger partial charge is 0.573 e. The molecule has 2 aromatic carbocycles. The van der Waals surface area contributed by atoms with Crippen molar-refractivity contribution >= 4 is 29.1 Å². The first-order valence-electron chi connectivity index (χ1n) is 5.86. The maximum Gasteiger partial charge on any atom is 0.573 e. The maximum atomic E-state index is 12.0. The Morgan fingerprint density at radius 2 is 1.76 bits per heavy atom. The third-order valence-corrected chi connectivity index (χ3v) is 3.90. The molecule has 2 aromatic rings. The summed E-state index contributed by atoms with van der Waals surface area (Å²) in [5.74, 6) is 0.329. The second-order valence-electron chi connectivity index (χ2n) is 4.16. The SMILES string of the molecule is Nc1ccc(Cl)cc1SCc1ccc(OC(F)(F)F)cc1. The van der Waals surface area contributed by atoms with Gasteiger partial charge in [-0.15, -0.1) is 24.9 Å². The molecule has 0 aromatic heterocycles. The van der Waals surface area contributed by atoms with E-state index in [0.717, 1.165) is 10.5 Å². The summed E-state index contributed by atoms with van der Waals surface area (Å²) in [6, 6.07) is 10.9. The number of ether oxygens (including phenoxy) is 1. The zero-order valence-corrected chi connectivity index (χ0v) is 12.2. The summed E-state index contributed by atoms with van der Waals surface area (Å²) < 4.78 is 39.9. The Kier molecular flexibility index (Phi) is 4.90. The van der Waals surface area contributed by atoms with Crippen molar-refractivity contribution in [2.45, 2.75) is 17.0 Å². The summed E-state index contributed by atoms with van der Waals surface area (Å²) in [6.07, 6.45) is -4.68. The molecule has 2 rings (SSSR count). The van der Waals surface area contributed by atoms with Gasteiger partial charge < -0.3 is 10.5 Å². The highest BCUT2D eigenvalue weighted by Crippen LogP contribution is 2.31. The molecule has 21 heavy (non-hydrogen) atoms. The number of thioether (sulfide) groups is 1. The lowest BCUT2D eigenvalue weighted by Gasteiger charge is -2.09. The average molecular weight is 334 g/mol. The van der Waals surface area contributed by atoms with Gasteiger partial charge in [-0.25, -0.2) is 0 Å². The quantitative estimate of drug-likeness (QED) is 0.623. The minimum atomic E-state index is -4.68. The summed E-state index contributed by atoms with van der Waals surface area (Å²) in [6.45, 7) is 0. The molecule has 0 amide bonds. The van der Waals surface area contributed by atoms with Crippen molar-refractivity contribution in [3.63, 3.8) is 0 Å². The van der Waals surface area contributed by atoms with E-state index < -0.39 is 6.36 Å². The predicted octanol–water partition coefficient (Wildman–Crippen LogP) is 5.11. The van der Waals surface area contributed by atoms with Gasteiger partial charge in [0, 0.05) is 21.4 Å². The third kappa shape index (κ3) is 5.06. The van der Waals surface area contributed by atoms with Crippen LogP contribution in [0.2, 0.25) is 5.02 Å². The van der Waals surface area contributed by atoms with Crippen LogP contribution >= 0.6 is 23.4 Å². The van der Waals surface area contributed by atoms with Crippen LogP contribution in [0.1, 0.15) is 5.56 Å². The van der Waals surface area contributed by atoms with Gasteiger partial charge in [0.2, 0.25) is 0 Å². The lowest BCUT2D eigenvalue weighted by molar-refractivity contribution is -0.274. The Balaban J connectivity index is 1.99. The number of nitrogen functional groups attached to an aromatic ring is 1. The van der Waals surface area contributed by atoms with Crippen LogP contribution in [0.3, 0.4) is 0 Å². The highest BCUT2D eigenvalue weighted by Gasteiger charge is 2.30. The fraction of sp³-hybridized carbons (Fsp3) is 0.143. The Labute approximate surface area is 129 Å². The van der Waals surface area contributed by atoms with E-state index in [0.29, 0.717) is 16.5 Å². The Bertz CT molecular complexity index is 617. The van der Waals surface area contributed by atoms with Crippen LogP contribution in [-0.2, 0) is 5.75 Å². The van der Waals surface area contributed by atoms with Gasteiger partial charge in [-0.1, -0.05) is 23.7 Å². The number of anilines is 1. The number of benzene rings is 2. The van der Waals surface area contributed by atoms with Crippen molar-refractivity contribution < 1.29 is 17.9 Å².